The van der Waals surface area contributed by atoms with E-state index in [1.807, 2.05) is 0 Å². The molecular weight excluding hydrogens is 315 g/mol. The monoisotopic (exact) mass is 324 g/mol. The summed E-state index contributed by atoms with van der Waals surface area (Å²) in [7, 11) is 0. The second kappa shape index (κ2) is 6.11. The second-order valence-electron chi connectivity index (χ2n) is 4.16. The van der Waals surface area contributed by atoms with Gasteiger partial charge in [-0.1, -0.05) is 41.4 Å². The van der Waals surface area contributed by atoms with Gasteiger partial charge in [0.25, 0.3) is 11.8 Å². The van der Waals surface area contributed by atoms with Crippen LogP contribution in [-0.2, 0) is 9.59 Å². The van der Waals surface area contributed by atoms with E-state index in [-0.39, 0.29) is 17.1 Å². The Hall–Kier alpha value is -2.11. The van der Waals surface area contributed by atoms with E-state index in [4.69, 9.17) is 23.2 Å². The molecule has 1 saturated heterocycles. The lowest BCUT2D eigenvalue weighted by Crippen LogP contribution is -2.54. The number of hydrogen-bond donors (Lipinski definition) is 1. The predicted molar refractivity (Wildman–Crippen MR) is 79.9 cm³/mol. The molecule has 0 bridgehead atoms. The summed E-state index contributed by atoms with van der Waals surface area (Å²) in [4.78, 5) is 36.5. The summed E-state index contributed by atoms with van der Waals surface area (Å²) >= 11 is 11.9. The number of amides is 4. The third-order valence-corrected chi connectivity index (χ3v) is 3.61. The van der Waals surface area contributed by atoms with Gasteiger partial charge >= 0.3 is 6.03 Å². The topological polar surface area (TPSA) is 66.5 Å². The molecule has 0 radical (unpaired) electrons. The van der Waals surface area contributed by atoms with E-state index in [1.54, 1.807) is 18.2 Å². The van der Waals surface area contributed by atoms with Crippen molar-refractivity contribution in [1.29, 1.82) is 0 Å². The maximum absolute atomic E-state index is 12.2. The van der Waals surface area contributed by atoms with Crippen LogP contribution in [0, 0.1) is 0 Å². The number of carbonyl (C=O) groups is 3. The minimum absolute atomic E-state index is 0.00142. The Balaban J connectivity index is 2.45. The Labute approximate surface area is 130 Å². The van der Waals surface area contributed by atoms with Crippen molar-refractivity contribution in [3.8, 4) is 0 Å². The minimum atomic E-state index is -0.778. The molecule has 108 valence electrons. The highest BCUT2D eigenvalue weighted by atomic mass is 35.5. The minimum Gasteiger partial charge on any atom is -0.273 e. The van der Waals surface area contributed by atoms with Crippen LogP contribution in [0.3, 0.4) is 0 Å². The zero-order chi connectivity index (χ0) is 15.6. The molecule has 0 atom stereocenters. The van der Waals surface area contributed by atoms with Crippen LogP contribution in [-0.4, -0.2) is 29.3 Å². The SMILES string of the molecule is C=CCN1C(=O)NC(=O)C(=Cc2cccc(Cl)c2Cl)C1=O. The van der Waals surface area contributed by atoms with E-state index in [2.05, 4.69) is 11.9 Å². The average Bonchev–Trinajstić information content (AvgIpc) is 2.44. The first-order chi connectivity index (χ1) is 9.95. The van der Waals surface area contributed by atoms with Gasteiger partial charge in [0.2, 0.25) is 0 Å². The smallest absolute Gasteiger partial charge is 0.273 e. The molecule has 1 aliphatic rings. The van der Waals surface area contributed by atoms with Gasteiger partial charge in [0.05, 0.1) is 10.0 Å². The van der Waals surface area contributed by atoms with Gasteiger partial charge in [-0.25, -0.2) is 4.79 Å². The quantitative estimate of drug-likeness (QED) is 0.528. The van der Waals surface area contributed by atoms with Gasteiger partial charge in [-0.3, -0.25) is 19.8 Å². The van der Waals surface area contributed by atoms with E-state index in [9.17, 15) is 14.4 Å². The Morgan fingerprint density at radius 3 is 2.62 bits per heavy atom. The zero-order valence-corrected chi connectivity index (χ0v) is 12.2. The second-order valence-corrected chi connectivity index (χ2v) is 4.95. The first kappa shape index (κ1) is 15.3. The number of benzene rings is 1. The van der Waals surface area contributed by atoms with Gasteiger partial charge in [0.1, 0.15) is 5.57 Å². The zero-order valence-electron chi connectivity index (χ0n) is 10.7. The molecular formula is C14H10Cl2N2O3. The molecule has 0 saturated carbocycles. The maximum Gasteiger partial charge on any atom is 0.331 e. The molecule has 1 heterocycles. The van der Waals surface area contributed by atoms with Crippen LogP contribution in [0.4, 0.5) is 4.79 Å². The molecule has 4 amide bonds. The van der Waals surface area contributed by atoms with Gasteiger partial charge < -0.3 is 0 Å². The summed E-state index contributed by atoms with van der Waals surface area (Å²) in [6.07, 6.45) is 2.69. The first-order valence-corrected chi connectivity index (χ1v) is 6.65. The molecule has 0 spiro atoms. The number of nitrogens with zero attached hydrogens (tertiary/aromatic N) is 1. The van der Waals surface area contributed by atoms with Crippen molar-refractivity contribution in [2.24, 2.45) is 0 Å². The van der Waals surface area contributed by atoms with Crippen molar-refractivity contribution >= 4 is 47.1 Å². The van der Waals surface area contributed by atoms with E-state index in [0.717, 1.165) is 4.90 Å². The Morgan fingerprint density at radius 2 is 1.95 bits per heavy atom. The highest BCUT2D eigenvalue weighted by Gasteiger charge is 2.35. The van der Waals surface area contributed by atoms with Crippen LogP contribution >= 0.6 is 23.2 Å². The number of rotatable bonds is 3. The number of carbonyl (C=O) groups excluding carboxylic acids is 3. The van der Waals surface area contributed by atoms with E-state index < -0.39 is 17.8 Å². The fourth-order valence-corrected chi connectivity index (χ4v) is 2.14. The summed E-state index contributed by atoms with van der Waals surface area (Å²) in [6.45, 7) is 3.46. The van der Waals surface area contributed by atoms with Crippen LogP contribution in [0.25, 0.3) is 6.08 Å². The molecule has 0 unspecified atom stereocenters. The molecule has 1 aromatic carbocycles. The van der Waals surface area contributed by atoms with Crippen molar-refractivity contribution < 1.29 is 14.4 Å². The van der Waals surface area contributed by atoms with Gasteiger partial charge in [-0.15, -0.1) is 6.58 Å². The lowest BCUT2D eigenvalue weighted by molar-refractivity contribution is -0.129. The fraction of sp³-hybridized carbons (Fsp3) is 0.0714. The largest absolute Gasteiger partial charge is 0.331 e. The molecule has 1 fully saturated rings. The lowest BCUT2D eigenvalue weighted by atomic mass is 10.1. The molecule has 1 aliphatic heterocycles. The number of hydrogen-bond acceptors (Lipinski definition) is 3. The van der Waals surface area contributed by atoms with Crippen molar-refractivity contribution in [1.82, 2.24) is 10.2 Å². The van der Waals surface area contributed by atoms with Gasteiger partial charge in [0, 0.05) is 6.54 Å². The summed E-state index contributed by atoms with van der Waals surface area (Å²) in [5, 5.41) is 2.61. The molecule has 0 aromatic heterocycles. The number of barbiturate groups is 1. The van der Waals surface area contributed by atoms with Crippen molar-refractivity contribution in [3.63, 3.8) is 0 Å². The Bertz CT molecular complexity index is 683. The lowest BCUT2D eigenvalue weighted by Gasteiger charge is -2.25. The highest BCUT2D eigenvalue weighted by molar-refractivity contribution is 6.43. The normalized spacial score (nSPS) is 17.1. The van der Waals surface area contributed by atoms with Crippen LogP contribution in [0.2, 0.25) is 10.0 Å². The van der Waals surface area contributed by atoms with E-state index >= 15 is 0 Å². The third-order valence-electron chi connectivity index (χ3n) is 2.78. The van der Waals surface area contributed by atoms with Gasteiger partial charge in [-0.2, -0.15) is 0 Å². The Kier molecular flexibility index (Phi) is 4.45. The molecule has 5 nitrogen and oxygen atoms in total. The van der Waals surface area contributed by atoms with Gasteiger partial charge in [0.15, 0.2) is 0 Å². The number of halogens is 2. The standard InChI is InChI=1S/C14H10Cl2N2O3/c1-2-6-18-13(20)9(12(19)17-14(18)21)7-8-4-3-5-10(15)11(8)16/h2-5,7H,1,6H2,(H,17,19,21). The molecule has 2 rings (SSSR count). The van der Waals surface area contributed by atoms with E-state index in [1.165, 1.54) is 12.2 Å². The van der Waals surface area contributed by atoms with E-state index in [0.29, 0.717) is 10.6 Å². The molecule has 0 aliphatic carbocycles. The third kappa shape index (κ3) is 2.99. The highest BCUT2D eigenvalue weighted by Crippen LogP contribution is 2.28. The molecule has 1 N–H and O–H groups in total. The average molecular weight is 325 g/mol. The fourth-order valence-electron chi connectivity index (χ4n) is 1.78. The summed E-state index contributed by atoms with van der Waals surface area (Å²) in [5.41, 5.74) is 0.219. The summed E-state index contributed by atoms with van der Waals surface area (Å²) in [6, 6.07) is 4.05. The molecule has 21 heavy (non-hydrogen) atoms. The Morgan fingerprint density at radius 1 is 1.24 bits per heavy atom. The van der Waals surface area contributed by atoms with Crippen LogP contribution < -0.4 is 5.32 Å². The van der Waals surface area contributed by atoms with Crippen molar-refractivity contribution in [2.45, 2.75) is 0 Å². The van der Waals surface area contributed by atoms with Gasteiger partial charge in [-0.05, 0) is 17.7 Å². The number of nitrogens with one attached hydrogen (secondary N) is 1. The van der Waals surface area contributed by atoms with Crippen LogP contribution in [0.15, 0.2) is 36.4 Å². The first-order valence-electron chi connectivity index (χ1n) is 5.89. The maximum atomic E-state index is 12.2. The van der Waals surface area contributed by atoms with Crippen molar-refractivity contribution in [3.05, 3.63) is 52.0 Å². The predicted octanol–water partition coefficient (Wildman–Crippen LogP) is 2.64. The number of imide groups is 2. The van der Waals surface area contributed by atoms with Crippen molar-refractivity contribution in [2.75, 3.05) is 6.54 Å². The summed E-state index contributed by atoms with van der Waals surface area (Å²) < 4.78 is 0. The number of urea groups is 1. The summed E-state index contributed by atoms with van der Waals surface area (Å²) in [5.74, 6) is -1.49. The van der Waals surface area contributed by atoms with Crippen LogP contribution in [0.5, 0.6) is 0 Å². The van der Waals surface area contributed by atoms with Crippen LogP contribution in [0.1, 0.15) is 5.56 Å². The molecule has 1 aromatic rings. The molecule has 7 heteroatoms.